The van der Waals surface area contributed by atoms with Gasteiger partial charge in [-0.3, -0.25) is 4.90 Å². The van der Waals surface area contributed by atoms with Gasteiger partial charge in [0.1, 0.15) is 0 Å². The first-order valence-electron chi connectivity index (χ1n) is 11.6. The molecule has 2 unspecified atom stereocenters. The Balaban J connectivity index is 1.56. The van der Waals surface area contributed by atoms with Crippen LogP contribution in [0.1, 0.15) is 49.7 Å². The van der Waals surface area contributed by atoms with Crippen molar-refractivity contribution in [2.24, 2.45) is 0 Å². The minimum absolute atomic E-state index is 0.0204. The smallest absolute Gasteiger partial charge is 0.322 e. The van der Waals surface area contributed by atoms with Crippen molar-refractivity contribution in [1.29, 1.82) is 0 Å². The summed E-state index contributed by atoms with van der Waals surface area (Å²) in [6, 6.07) is 15.0. The van der Waals surface area contributed by atoms with Gasteiger partial charge in [-0.25, -0.2) is 4.79 Å². The number of benzene rings is 2. The molecule has 2 atom stereocenters. The number of urea groups is 1. The van der Waals surface area contributed by atoms with Crippen molar-refractivity contribution in [3.63, 3.8) is 0 Å². The number of hydrogen-bond acceptors (Lipinski definition) is 5. The third-order valence-corrected chi connectivity index (χ3v) is 6.70. The minimum Gasteiger partial charge on any atom is -0.376 e. The van der Waals surface area contributed by atoms with Gasteiger partial charge in [-0.1, -0.05) is 60.1 Å². The van der Waals surface area contributed by atoms with E-state index in [9.17, 15) is 4.79 Å². The van der Waals surface area contributed by atoms with Crippen LogP contribution in [0.15, 0.2) is 58.8 Å². The summed E-state index contributed by atoms with van der Waals surface area (Å²) in [5, 5.41) is 7.96. The van der Waals surface area contributed by atoms with Crippen molar-refractivity contribution < 1.29 is 14.1 Å². The highest BCUT2D eigenvalue weighted by atomic mass is 35.5. The van der Waals surface area contributed by atoms with Crippen molar-refractivity contribution in [1.82, 2.24) is 20.4 Å². The quantitative estimate of drug-likeness (QED) is 0.496. The maximum absolute atomic E-state index is 13.2. The fourth-order valence-corrected chi connectivity index (χ4v) is 4.73. The molecule has 0 aliphatic carbocycles. The van der Waals surface area contributed by atoms with Crippen LogP contribution in [-0.4, -0.2) is 40.3 Å². The number of carbonyl (C=O) groups excluding carboxylic acids is 1. The second kappa shape index (κ2) is 9.60. The van der Waals surface area contributed by atoms with Gasteiger partial charge >= 0.3 is 6.03 Å². The molecule has 8 heteroatoms. The summed E-state index contributed by atoms with van der Waals surface area (Å²) in [5.74, 6) is 0.815. The van der Waals surface area contributed by atoms with Crippen LogP contribution >= 0.6 is 11.6 Å². The lowest BCUT2D eigenvalue weighted by molar-refractivity contribution is 0.0877. The van der Waals surface area contributed by atoms with Gasteiger partial charge in [-0.2, -0.15) is 4.98 Å². The molecule has 5 rings (SSSR count). The molecule has 2 amide bonds. The van der Waals surface area contributed by atoms with E-state index < -0.39 is 6.04 Å². The Morgan fingerprint density at radius 1 is 1.21 bits per heavy atom. The lowest BCUT2D eigenvalue weighted by atomic mass is 9.93. The summed E-state index contributed by atoms with van der Waals surface area (Å²) < 4.78 is 11.5. The maximum atomic E-state index is 13.2. The summed E-state index contributed by atoms with van der Waals surface area (Å²) in [4.78, 5) is 19.6. The highest BCUT2D eigenvalue weighted by Crippen LogP contribution is 2.38. The SMILES string of the molecule is CCc1ccc(C2NC(=O)N(CC3CCCO3)C(C)=C2c2nc(-c3cccc(Cl)c3)no2)cc1. The monoisotopic (exact) mass is 478 g/mol. The molecule has 0 spiro atoms. The van der Waals surface area contributed by atoms with Gasteiger partial charge in [0.05, 0.1) is 24.3 Å². The van der Waals surface area contributed by atoms with Crippen molar-refractivity contribution in [3.8, 4) is 11.4 Å². The van der Waals surface area contributed by atoms with Crippen LogP contribution < -0.4 is 5.32 Å². The molecule has 34 heavy (non-hydrogen) atoms. The standard InChI is InChI=1S/C26H27ClN4O3/c1-3-17-9-11-18(12-10-17)23-22(16(2)31(26(32)28-23)15-21-8-5-13-33-21)25-29-24(30-34-25)19-6-4-7-20(27)14-19/h4,6-7,9-12,14,21,23H,3,5,8,13,15H2,1-2H3,(H,28,32). The zero-order valence-electron chi connectivity index (χ0n) is 19.3. The summed E-state index contributed by atoms with van der Waals surface area (Å²) >= 11 is 6.16. The highest BCUT2D eigenvalue weighted by molar-refractivity contribution is 6.30. The first-order valence-corrected chi connectivity index (χ1v) is 12.0. The van der Waals surface area contributed by atoms with Crippen LogP contribution in [0.5, 0.6) is 0 Å². The van der Waals surface area contributed by atoms with Crippen molar-refractivity contribution in [2.45, 2.75) is 45.3 Å². The van der Waals surface area contributed by atoms with Crippen molar-refractivity contribution in [3.05, 3.63) is 76.3 Å². The fourth-order valence-electron chi connectivity index (χ4n) is 4.54. The average Bonchev–Trinajstić information content (AvgIpc) is 3.54. The zero-order chi connectivity index (χ0) is 23.7. The van der Waals surface area contributed by atoms with Gasteiger partial charge in [0.25, 0.3) is 5.89 Å². The molecule has 0 bridgehead atoms. The van der Waals surface area contributed by atoms with Gasteiger partial charge in [0.2, 0.25) is 5.82 Å². The summed E-state index contributed by atoms with van der Waals surface area (Å²) in [5.41, 5.74) is 4.52. The van der Waals surface area contributed by atoms with E-state index in [-0.39, 0.29) is 12.1 Å². The van der Waals surface area contributed by atoms with Crippen LogP contribution in [0.3, 0.4) is 0 Å². The lowest BCUT2D eigenvalue weighted by Crippen LogP contribution is -2.48. The molecule has 3 aromatic rings. The molecular formula is C26H27ClN4O3. The normalized spacial score (nSPS) is 20.7. The number of carbonyl (C=O) groups is 1. The Kier molecular flexibility index (Phi) is 6.39. The van der Waals surface area contributed by atoms with Gasteiger partial charge < -0.3 is 14.6 Å². The van der Waals surface area contributed by atoms with Crippen molar-refractivity contribution in [2.75, 3.05) is 13.2 Å². The van der Waals surface area contributed by atoms with E-state index in [1.54, 1.807) is 17.0 Å². The second-order valence-electron chi connectivity index (χ2n) is 8.66. The van der Waals surface area contributed by atoms with E-state index in [1.807, 2.05) is 31.2 Å². The van der Waals surface area contributed by atoms with E-state index in [1.165, 1.54) is 5.56 Å². The Bertz CT molecular complexity index is 1210. The molecule has 1 N–H and O–H groups in total. The van der Waals surface area contributed by atoms with Gasteiger partial charge in [-0.05, 0) is 49.4 Å². The van der Waals surface area contributed by atoms with Crippen LogP contribution in [0.25, 0.3) is 17.0 Å². The summed E-state index contributed by atoms with van der Waals surface area (Å²) in [7, 11) is 0. The number of ether oxygens (including phenoxy) is 1. The van der Waals surface area contributed by atoms with Gasteiger partial charge in [0, 0.05) is 22.9 Å². The van der Waals surface area contributed by atoms with Gasteiger partial charge in [0.15, 0.2) is 0 Å². The van der Waals surface area contributed by atoms with E-state index in [2.05, 4.69) is 29.5 Å². The molecule has 1 fully saturated rings. The highest BCUT2D eigenvalue weighted by Gasteiger charge is 2.37. The molecular weight excluding hydrogens is 452 g/mol. The van der Waals surface area contributed by atoms with Crippen LogP contribution in [-0.2, 0) is 11.2 Å². The Hall–Kier alpha value is -3.16. The molecule has 3 heterocycles. The summed E-state index contributed by atoms with van der Waals surface area (Å²) in [6.45, 7) is 5.26. The topological polar surface area (TPSA) is 80.5 Å². The number of aromatic nitrogens is 2. The number of halogens is 1. The Morgan fingerprint density at radius 3 is 2.74 bits per heavy atom. The molecule has 2 aliphatic rings. The molecule has 0 radical (unpaired) electrons. The Morgan fingerprint density at radius 2 is 2.03 bits per heavy atom. The largest absolute Gasteiger partial charge is 0.376 e. The predicted octanol–water partition coefficient (Wildman–Crippen LogP) is 5.63. The van der Waals surface area contributed by atoms with Crippen LogP contribution in [0.2, 0.25) is 5.02 Å². The zero-order valence-corrected chi connectivity index (χ0v) is 20.0. The molecule has 2 aliphatic heterocycles. The number of aryl methyl sites for hydroxylation is 1. The van der Waals surface area contributed by atoms with Crippen LogP contribution in [0, 0.1) is 0 Å². The van der Waals surface area contributed by atoms with E-state index in [0.717, 1.165) is 48.3 Å². The fraction of sp³-hybridized carbons (Fsp3) is 0.346. The molecule has 1 saturated heterocycles. The van der Waals surface area contributed by atoms with E-state index >= 15 is 0 Å². The summed E-state index contributed by atoms with van der Waals surface area (Å²) in [6.07, 6.45) is 2.91. The molecule has 2 aromatic carbocycles. The number of nitrogens with one attached hydrogen (secondary N) is 1. The van der Waals surface area contributed by atoms with Crippen molar-refractivity contribution >= 4 is 23.2 Å². The molecule has 7 nitrogen and oxygen atoms in total. The van der Waals surface area contributed by atoms with E-state index in [0.29, 0.717) is 23.3 Å². The first kappa shape index (κ1) is 22.6. The molecule has 1 aromatic heterocycles. The number of allylic oxidation sites excluding steroid dienone is 1. The number of hydrogen-bond donors (Lipinski definition) is 1. The third-order valence-electron chi connectivity index (χ3n) is 6.47. The maximum Gasteiger partial charge on any atom is 0.322 e. The number of amides is 2. The first-order chi connectivity index (χ1) is 16.5. The Labute approximate surface area is 203 Å². The molecule has 176 valence electrons. The van der Waals surface area contributed by atoms with Crippen LogP contribution in [0.4, 0.5) is 4.79 Å². The second-order valence-corrected chi connectivity index (χ2v) is 9.09. The third kappa shape index (κ3) is 4.45. The number of rotatable bonds is 6. The average molecular weight is 479 g/mol. The molecule has 0 saturated carbocycles. The minimum atomic E-state index is -0.410. The van der Waals surface area contributed by atoms with Gasteiger partial charge in [-0.15, -0.1) is 0 Å². The van der Waals surface area contributed by atoms with E-state index in [4.69, 9.17) is 25.8 Å². The predicted molar refractivity (Wildman–Crippen MR) is 130 cm³/mol. The lowest BCUT2D eigenvalue weighted by Gasteiger charge is -2.36. The number of nitrogens with zero attached hydrogens (tertiary/aromatic N) is 3.